The molecule has 2 aromatic rings. The van der Waals surface area contributed by atoms with Gasteiger partial charge in [-0.25, -0.2) is 13.2 Å². The zero-order valence-corrected chi connectivity index (χ0v) is 12.4. The Labute approximate surface area is 127 Å². The quantitative estimate of drug-likeness (QED) is 0.629. The molecule has 0 aliphatic heterocycles. The molecule has 0 aromatic heterocycles. The van der Waals surface area contributed by atoms with Gasteiger partial charge in [-0.05, 0) is 24.6 Å². The molecule has 2 rings (SSSR count). The Kier molecular flexibility index (Phi) is 4.22. The monoisotopic (exact) mass is 358 g/mol. The molecule has 0 aliphatic rings. The van der Waals surface area contributed by atoms with Crippen LogP contribution in [0.2, 0.25) is 0 Å². The summed E-state index contributed by atoms with van der Waals surface area (Å²) in [5.41, 5.74) is 6.36. The van der Waals surface area contributed by atoms with Crippen LogP contribution in [0.25, 0.3) is 0 Å². The van der Waals surface area contributed by atoms with Crippen LogP contribution in [-0.4, -0.2) is 5.91 Å². The third-order valence-electron chi connectivity index (χ3n) is 2.92. The van der Waals surface area contributed by atoms with Gasteiger partial charge in [0, 0.05) is 27.9 Å². The van der Waals surface area contributed by atoms with Crippen LogP contribution >= 0.6 is 15.9 Å². The zero-order valence-electron chi connectivity index (χ0n) is 10.8. The first-order chi connectivity index (χ1) is 9.79. The van der Waals surface area contributed by atoms with Gasteiger partial charge in [-0.1, -0.05) is 15.9 Å². The molecule has 0 atom stereocenters. The standard InChI is InChI=1S/C14H10BrF3N2O/c1-6-8(2-7(15)3-12(6)19)14(21)20-13-5-10(17)9(16)4-11(13)18/h2-5H,19H2,1H3,(H,20,21). The minimum absolute atomic E-state index is 0.200. The van der Waals surface area contributed by atoms with Gasteiger partial charge in [-0.2, -0.15) is 0 Å². The molecule has 3 nitrogen and oxygen atoms in total. The molecule has 1 amide bonds. The van der Waals surface area contributed by atoms with Gasteiger partial charge in [0.2, 0.25) is 0 Å². The van der Waals surface area contributed by atoms with Crippen molar-refractivity contribution in [3.05, 3.63) is 57.3 Å². The third kappa shape index (κ3) is 3.18. The molecule has 0 unspecified atom stereocenters. The number of halogens is 4. The number of benzene rings is 2. The van der Waals surface area contributed by atoms with E-state index in [1.807, 2.05) is 0 Å². The van der Waals surface area contributed by atoms with Gasteiger partial charge in [-0.15, -0.1) is 0 Å². The highest BCUT2D eigenvalue weighted by Crippen LogP contribution is 2.25. The average Bonchev–Trinajstić information content (AvgIpc) is 2.40. The van der Waals surface area contributed by atoms with Crippen molar-refractivity contribution in [1.82, 2.24) is 0 Å². The van der Waals surface area contributed by atoms with Crippen LogP contribution in [0.4, 0.5) is 24.5 Å². The molecule has 0 heterocycles. The Morgan fingerprint density at radius 3 is 2.38 bits per heavy atom. The van der Waals surface area contributed by atoms with E-state index >= 15 is 0 Å². The van der Waals surface area contributed by atoms with Gasteiger partial charge < -0.3 is 11.1 Å². The molecule has 3 N–H and O–H groups in total. The molecule has 110 valence electrons. The number of nitrogen functional groups attached to an aromatic ring is 1. The van der Waals surface area contributed by atoms with Crippen molar-refractivity contribution in [2.24, 2.45) is 0 Å². The second-order valence-electron chi connectivity index (χ2n) is 4.37. The van der Waals surface area contributed by atoms with Crippen LogP contribution in [-0.2, 0) is 0 Å². The smallest absolute Gasteiger partial charge is 0.256 e. The summed E-state index contributed by atoms with van der Waals surface area (Å²) >= 11 is 3.19. The predicted molar refractivity (Wildman–Crippen MR) is 77.6 cm³/mol. The van der Waals surface area contributed by atoms with E-state index in [2.05, 4.69) is 21.2 Å². The number of carbonyl (C=O) groups excluding carboxylic acids is 1. The van der Waals surface area contributed by atoms with Crippen LogP contribution in [0.1, 0.15) is 15.9 Å². The SMILES string of the molecule is Cc1c(N)cc(Br)cc1C(=O)Nc1cc(F)c(F)cc1F. The number of rotatable bonds is 2. The maximum Gasteiger partial charge on any atom is 0.256 e. The van der Waals surface area contributed by atoms with E-state index in [9.17, 15) is 18.0 Å². The normalized spacial score (nSPS) is 10.5. The van der Waals surface area contributed by atoms with E-state index in [1.165, 1.54) is 6.07 Å². The topological polar surface area (TPSA) is 55.1 Å². The number of nitrogens with one attached hydrogen (secondary N) is 1. The van der Waals surface area contributed by atoms with Gasteiger partial charge >= 0.3 is 0 Å². The van der Waals surface area contributed by atoms with Crippen molar-refractivity contribution in [2.75, 3.05) is 11.1 Å². The highest BCUT2D eigenvalue weighted by molar-refractivity contribution is 9.10. The van der Waals surface area contributed by atoms with Gasteiger partial charge in [0.05, 0.1) is 5.69 Å². The van der Waals surface area contributed by atoms with Crippen molar-refractivity contribution in [3.8, 4) is 0 Å². The maximum absolute atomic E-state index is 13.5. The van der Waals surface area contributed by atoms with Gasteiger partial charge in [0.25, 0.3) is 5.91 Å². The molecule has 21 heavy (non-hydrogen) atoms. The minimum atomic E-state index is -1.33. The van der Waals surface area contributed by atoms with Crippen LogP contribution < -0.4 is 11.1 Å². The Hall–Kier alpha value is -2.02. The fraction of sp³-hybridized carbons (Fsp3) is 0.0714. The first-order valence-corrected chi connectivity index (χ1v) is 6.60. The third-order valence-corrected chi connectivity index (χ3v) is 3.37. The number of hydrogen-bond acceptors (Lipinski definition) is 2. The Bertz CT molecular complexity index is 735. The summed E-state index contributed by atoms with van der Waals surface area (Å²) in [5.74, 6) is -4.32. The lowest BCUT2D eigenvalue weighted by Crippen LogP contribution is -2.15. The molecule has 0 saturated carbocycles. The lowest BCUT2D eigenvalue weighted by Gasteiger charge is -2.11. The summed E-state index contributed by atoms with van der Waals surface area (Å²) in [6.07, 6.45) is 0. The first-order valence-electron chi connectivity index (χ1n) is 5.81. The molecule has 0 bridgehead atoms. The summed E-state index contributed by atoms with van der Waals surface area (Å²) in [4.78, 5) is 12.1. The van der Waals surface area contributed by atoms with E-state index in [-0.39, 0.29) is 5.56 Å². The lowest BCUT2D eigenvalue weighted by atomic mass is 10.1. The number of anilines is 2. The Balaban J connectivity index is 2.37. The lowest BCUT2D eigenvalue weighted by molar-refractivity contribution is 0.102. The van der Waals surface area contributed by atoms with E-state index in [0.717, 1.165) is 0 Å². The molecule has 2 aromatic carbocycles. The van der Waals surface area contributed by atoms with Gasteiger partial charge in [-0.3, -0.25) is 4.79 Å². The predicted octanol–water partition coefficient (Wildman–Crippen LogP) is 4.01. The second-order valence-corrected chi connectivity index (χ2v) is 5.28. The van der Waals surface area contributed by atoms with Crippen LogP contribution in [0.15, 0.2) is 28.7 Å². The summed E-state index contributed by atoms with van der Waals surface area (Å²) in [7, 11) is 0. The van der Waals surface area contributed by atoms with Crippen molar-refractivity contribution in [2.45, 2.75) is 6.92 Å². The van der Waals surface area contributed by atoms with Gasteiger partial charge in [0.15, 0.2) is 11.6 Å². The highest BCUT2D eigenvalue weighted by atomic mass is 79.9. The average molecular weight is 359 g/mol. The summed E-state index contributed by atoms with van der Waals surface area (Å²) in [6.45, 7) is 1.62. The van der Waals surface area contributed by atoms with Crippen molar-refractivity contribution < 1.29 is 18.0 Å². The molecule has 7 heteroatoms. The fourth-order valence-electron chi connectivity index (χ4n) is 1.74. The van der Waals surface area contributed by atoms with E-state index in [1.54, 1.807) is 13.0 Å². The van der Waals surface area contributed by atoms with E-state index in [0.29, 0.717) is 27.9 Å². The molecule has 0 radical (unpaired) electrons. The largest absolute Gasteiger partial charge is 0.398 e. The summed E-state index contributed by atoms with van der Waals surface area (Å²) < 4.78 is 40.0. The summed E-state index contributed by atoms with van der Waals surface area (Å²) in [5, 5.41) is 2.19. The molecule has 0 fully saturated rings. The molecule has 0 saturated heterocycles. The van der Waals surface area contributed by atoms with Crippen LogP contribution in [0.5, 0.6) is 0 Å². The molecule has 0 aliphatic carbocycles. The molecule has 0 spiro atoms. The van der Waals surface area contributed by atoms with Crippen LogP contribution in [0, 0.1) is 24.4 Å². The Morgan fingerprint density at radius 1 is 1.10 bits per heavy atom. The number of amides is 1. The van der Waals surface area contributed by atoms with Gasteiger partial charge in [0.1, 0.15) is 5.82 Å². The van der Waals surface area contributed by atoms with Crippen molar-refractivity contribution in [3.63, 3.8) is 0 Å². The van der Waals surface area contributed by atoms with Crippen LogP contribution in [0.3, 0.4) is 0 Å². The zero-order chi connectivity index (χ0) is 15.7. The van der Waals surface area contributed by atoms with Crippen molar-refractivity contribution >= 4 is 33.2 Å². The summed E-state index contributed by atoms with van der Waals surface area (Å²) in [6, 6.07) is 4.06. The van der Waals surface area contributed by atoms with E-state index in [4.69, 9.17) is 5.73 Å². The fourth-order valence-corrected chi connectivity index (χ4v) is 2.22. The number of nitrogens with two attached hydrogens (primary N) is 1. The van der Waals surface area contributed by atoms with E-state index < -0.39 is 29.0 Å². The van der Waals surface area contributed by atoms with Crippen molar-refractivity contribution in [1.29, 1.82) is 0 Å². The molecular weight excluding hydrogens is 349 g/mol. The maximum atomic E-state index is 13.5. The number of carbonyl (C=O) groups is 1. The Morgan fingerprint density at radius 2 is 1.71 bits per heavy atom. The first kappa shape index (κ1) is 15.4. The molecular formula is C14H10BrF3N2O. The second kappa shape index (κ2) is 5.77. The minimum Gasteiger partial charge on any atom is -0.398 e. The number of hydrogen-bond donors (Lipinski definition) is 2. The highest BCUT2D eigenvalue weighted by Gasteiger charge is 2.16.